The fourth-order valence-corrected chi connectivity index (χ4v) is 4.92. The lowest BCUT2D eigenvalue weighted by Gasteiger charge is -2.44. The number of nitrogens with one attached hydrogen (secondary N) is 1. The van der Waals surface area contributed by atoms with Crippen molar-refractivity contribution in [2.45, 2.75) is 36.9 Å². The molecule has 0 saturated carbocycles. The predicted octanol–water partition coefficient (Wildman–Crippen LogP) is 3.05. The molecule has 1 saturated heterocycles. The molecule has 3 unspecified atom stereocenters. The molecule has 0 radical (unpaired) electrons. The molecule has 3 atom stereocenters. The monoisotopic (exact) mass is 385 g/mol. The summed E-state index contributed by atoms with van der Waals surface area (Å²) in [7, 11) is -3.68. The molecule has 2 heterocycles. The first-order valence-corrected chi connectivity index (χ1v) is 10.5. The fraction of sp³-hybridized carbons (Fsp3) is 0.350. The maximum atomic E-state index is 12.5. The number of nitrogens with zero attached hydrogens (tertiary/aromatic N) is 2. The van der Waals surface area contributed by atoms with Gasteiger partial charge in [-0.25, -0.2) is 0 Å². The highest BCUT2D eigenvalue weighted by Gasteiger charge is 2.36. The van der Waals surface area contributed by atoms with Crippen molar-refractivity contribution in [3.8, 4) is 0 Å². The lowest BCUT2D eigenvalue weighted by Crippen LogP contribution is -2.53. The second-order valence-electron chi connectivity index (χ2n) is 7.06. The smallest absolute Gasteiger partial charge is 0.286 e. The quantitative estimate of drug-likeness (QED) is 0.879. The topological polar surface area (TPSA) is 71.0 Å². The Morgan fingerprint density at radius 1 is 1.11 bits per heavy atom. The van der Waals surface area contributed by atoms with Gasteiger partial charge in [-0.2, -0.15) is 8.42 Å². The Kier molecular flexibility index (Phi) is 4.75. The van der Waals surface area contributed by atoms with Crippen LogP contribution in [-0.4, -0.2) is 44.4 Å². The van der Waals surface area contributed by atoms with Gasteiger partial charge in [-0.3, -0.25) is 4.90 Å². The molecule has 6 nitrogen and oxygen atoms in total. The molecule has 1 fully saturated rings. The molecule has 0 aliphatic carbocycles. The summed E-state index contributed by atoms with van der Waals surface area (Å²) >= 11 is 0. The number of hydrogen-bond donors (Lipinski definition) is 1. The minimum absolute atomic E-state index is 0.0597. The number of fused-ring (bicyclic) bond motifs is 1. The summed E-state index contributed by atoms with van der Waals surface area (Å²) in [5.74, 6) is 0.445. The van der Waals surface area contributed by atoms with Crippen LogP contribution in [0.5, 0.6) is 0 Å². The Morgan fingerprint density at radius 3 is 2.59 bits per heavy atom. The molecule has 0 aromatic heterocycles. The average molecular weight is 385 g/mol. The van der Waals surface area contributed by atoms with Crippen molar-refractivity contribution in [3.05, 3.63) is 60.2 Å². The maximum absolute atomic E-state index is 12.5. The molecule has 0 amide bonds. The average Bonchev–Trinajstić information content (AvgIpc) is 2.65. The zero-order valence-electron chi connectivity index (χ0n) is 15.4. The lowest BCUT2D eigenvalue weighted by molar-refractivity contribution is -0.0897. The summed E-state index contributed by atoms with van der Waals surface area (Å²) in [6.07, 6.45) is -0.0597. The second-order valence-corrected chi connectivity index (χ2v) is 8.63. The van der Waals surface area contributed by atoms with Gasteiger partial charge in [0, 0.05) is 12.1 Å². The normalized spacial score (nSPS) is 27.3. The molecule has 2 aromatic rings. The molecule has 4 rings (SSSR count). The number of morpholine rings is 1. The first kappa shape index (κ1) is 18.2. The van der Waals surface area contributed by atoms with Crippen LogP contribution in [0.1, 0.15) is 25.5 Å². The van der Waals surface area contributed by atoms with E-state index in [0.29, 0.717) is 24.7 Å². The summed E-state index contributed by atoms with van der Waals surface area (Å²) in [6, 6.07) is 17.2. The molecule has 1 N–H and O–H groups in total. The van der Waals surface area contributed by atoms with E-state index in [-0.39, 0.29) is 23.1 Å². The zero-order valence-corrected chi connectivity index (χ0v) is 16.2. The Hall–Kier alpha value is -2.22. The van der Waals surface area contributed by atoms with Gasteiger partial charge in [0.15, 0.2) is 0 Å². The Labute approximate surface area is 159 Å². The van der Waals surface area contributed by atoms with Gasteiger partial charge in [-0.15, -0.1) is 4.40 Å². The third kappa shape index (κ3) is 3.50. The Bertz CT molecular complexity index is 959. The van der Waals surface area contributed by atoms with E-state index in [1.54, 1.807) is 18.2 Å². The molecule has 27 heavy (non-hydrogen) atoms. The molecule has 0 bridgehead atoms. The van der Waals surface area contributed by atoms with Crippen LogP contribution in [-0.2, 0) is 14.8 Å². The van der Waals surface area contributed by atoms with Crippen molar-refractivity contribution in [1.82, 2.24) is 4.90 Å². The highest BCUT2D eigenvalue weighted by Crippen LogP contribution is 2.32. The minimum atomic E-state index is -3.68. The van der Waals surface area contributed by atoms with Crippen LogP contribution in [0.25, 0.3) is 0 Å². The van der Waals surface area contributed by atoms with E-state index < -0.39 is 10.0 Å². The molecule has 2 aliphatic rings. The van der Waals surface area contributed by atoms with Crippen LogP contribution < -0.4 is 5.32 Å². The summed E-state index contributed by atoms with van der Waals surface area (Å²) in [5, 5.41) is 3.18. The first-order valence-electron chi connectivity index (χ1n) is 9.08. The number of rotatable bonds is 3. The van der Waals surface area contributed by atoms with Crippen LogP contribution in [0.4, 0.5) is 5.69 Å². The van der Waals surface area contributed by atoms with Gasteiger partial charge in [0.25, 0.3) is 10.0 Å². The SMILES string of the molecule is CC1COC(c2ccccc2)C(C)N1CC1=NS(=O)(=O)c2ccccc2N1. The number of ether oxygens (including phenoxy) is 1. The van der Waals surface area contributed by atoms with Gasteiger partial charge in [-0.1, -0.05) is 42.5 Å². The van der Waals surface area contributed by atoms with E-state index >= 15 is 0 Å². The third-order valence-electron chi connectivity index (χ3n) is 5.18. The molecule has 7 heteroatoms. The number of anilines is 1. The van der Waals surface area contributed by atoms with Crippen molar-refractivity contribution in [1.29, 1.82) is 0 Å². The standard InChI is InChI=1S/C20H23N3O3S/c1-14-13-26-20(16-8-4-3-5-9-16)15(2)23(14)12-19-21-17-10-6-7-11-18(17)27(24,25)22-19/h3-11,14-15,20H,12-13H2,1-2H3,(H,21,22). The van der Waals surface area contributed by atoms with Gasteiger partial charge in [0.05, 0.1) is 24.9 Å². The maximum Gasteiger partial charge on any atom is 0.286 e. The van der Waals surface area contributed by atoms with E-state index in [1.165, 1.54) is 0 Å². The van der Waals surface area contributed by atoms with Crippen LogP contribution >= 0.6 is 0 Å². The van der Waals surface area contributed by atoms with Crippen molar-refractivity contribution in [3.63, 3.8) is 0 Å². The number of sulfonamides is 1. The van der Waals surface area contributed by atoms with E-state index in [1.807, 2.05) is 24.3 Å². The summed E-state index contributed by atoms with van der Waals surface area (Å²) in [5.41, 5.74) is 1.70. The van der Waals surface area contributed by atoms with Crippen molar-refractivity contribution >= 4 is 21.5 Å². The van der Waals surface area contributed by atoms with Gasteiger partial charge in [0.1, 0.15) is 10.7 Å². The van der Waals surface area contributed by atoms with Crippen LogP contribution in [0.15, 0.2) is 63.9 Å². The molecular formula is C20H23N3O3S. The molecule has 0 spiro atoms. The molecule has 2 aromatic carbocycles. The highest BCUT2D eigenvalue weighted by molar-refractivity contribution is 7.90. The summed E-state index contributed by atoms with van der Waals surface area (Å²) < 4.78 is 35.1. The largest absolute Gasteiger partial charge is 0.370 e. The number of benzene rings is 2. The van der Waals surface area contributed by atoms with E-state index in [4.69, 9.17) is 4.74 Å². The molecule has 2 aliphatic heterocycles. The summed E-state index contributed by atoms with van der Waals surface area (Å²) in [6.45, 7) is 5.20. The fourth-order valence-electron chi connectivity index (χ4n) is 3.78. The summed E-state index contributed by atoms with van der Waals surface area (Å²) in [4.78, 5) is 2.47. The predicted molar refractivity (Wildman–Crippen MR) is 105 cm³/mol. The third-order valence-corrected chi connectivity index (χ3v) is 6.55. The second kappa shape index (κ2) is 7.07. The number of para-hydroxylation sites is 1. The van der Waals surface area contributed by atoms with Gasteiger partial charge >= 0.3 is 0 Å². The first-order chi connectivity index (χ1) is 13.0. The van der Waals surface area contributed by atoms with Crippen LogP contribution in [0.2, 0.25) is 0 Å². The zero-order chi connectivity index (χ0) is 19.0. The van der Waals surface area contributed by atoms with Gasteiger partial charge in [-0.05, 0) is 31.5 Å². The van der Waals surface area contributed by atoms with Gasteiger partial charge < -0.3 is 10.1 Å². The number of hydrogen-bond acceptors (Lipinski definition) is 5. The highest BCUT2D eigenvalue weighted by atomic mass is 32.2. The van der Waals surface area contributed by atoms with Gasteiger partial charge in [0.2, 0.25) is 0 Å². The molecule has 142 valence electrons. The van der Waals surface area contributed by atoms with Crippen LogP contribution in [0, 0.1) is 0 Å². The van der Waals surface area contributed by atoms with Crippen LogP contribution in [0.3, 0.4) is 0 Å². The molecular weight excluding hydrogens is 362 g/mol. The van der Waals surface area contributed by atoms with E-state index in [9.17, 15) is 8.42 Å². The van der Waals surface area contributed by atoms with E-state index in [0.717, 1.165) is 5.56 Å². The Balaban J connectivity index is 1.59. The Morgan fingerprint density at radius 2 is 1.81 bits per heavy atom. The van der Waals surface area contributed by atoms with Crippen molar-refractivity contribution in [2.75, 3.05) is 18.5 Å². The van der Waals surface area contributed by atoms with Crippen molar-refractivity contribution < 1.29 is 13.2 Å². The lowest BCUT2D eigenvalue weighted by atomic mass is 9.98. The van der Waals surface area contributed by atoms with E-state index in [2.05, 4.69) is 40.6 Å². The van der Waals surface area contributed by atoms with Crippen molar-refractivity contribution in [2.24, 2.45) is 4.40 Å². The minimum Gasteiger partial charge on any atom is -0.370 e. The number of amidine groups is 1.